The van der Waals surface area contributed by atoms with E-state index < -0.39 is 11.2 Å². The molecular weight excluding hydrogens is 338 g/mol. The molecule has 1 amide bonds. The largest absolute Gasteiger partial charge is 0.616 e. The predicted molar refractivity (Wildman–Crippen MR) is 99.7 cm³/mol. The highest BCUT2D eigenvalue weighted by Gasteiger charge is 2.19. The SMILES string of the molecule is Cc1cccc(-c2nc(C[S+]([O-])CC(=O)NCCN(C)C)c(C)o2)c1. The van der Waals surface area contributed by atoms with Gasteiger partial charge in [0, 0.05) is 18.7 Å². The van der Waals surface area contributed by atoms with Crippen LogP contribution in [0, 0.1) is 13.8 Å². The number of rotatable bonds is 8. The fraction of sp³-hybridized carbons (Fsp3) is 0.444. The second-order valence-corrected chi connectivity index (χ2v) is 7.73. The Balaban J connectivity index is 1.93. The van der Waals surface area contributed by atoms with Crippen LogP contribution in [-0.2, 0) is 21.7 Å². The zero-order valence-corrected chi connectivity index (χ0v) is 16.0. The second-order valence-electron chi connectivity index (χ2n) is 6.27. The number of benzene rings is 1. The van der Waals surface area contributed by atoms with Crippen molar-refractivity contribution in [3.63, 3.8) is 0 Å². The van der Waals surface area contributed by atoms with Crippen LogP contribution < -0.4 is 5.32 Å². The molecule has 0 aliphatic rings. The molecule has 136 valence electrons. The van der Waals surface area contributed by atoms with Crippen LogP contribution in [0.2, 0.25) is 0 Å². The summed E-state index contributed by atoms with van der Waals surface area (Å²) < 4.78 is 17.9. The van der Waals surface area contributed by atoms with Gasteiger partial charge in [0.2, 0.25) is 5.89 Å². The van der Waals surface area contributed by atoms with E-state index in [4.69, 9.17) is 4.42 Å². The van der Waals surface area contributed by atoms with Gasteiger partial charge in [0.1, 0.15) is 11.5 Å². The molecule has 0 spiro atoms. The van der Waals surface area contributed by atoms with E-state index in [9.17, 15) is 9.35 Å². The van der Waals surface area contributed by atoms with Gasteiger partial charge < -0.3 is 19.2 Å². The summed E-state index contributed by atoms with van der Waals surface area (Å²) >= 11 is -1.32. The summed E-state index contributed by atoms with van der Waals surface area (Å²) in [6.07, 6.45) is 0. The minimum Gasteiger partial charge on any atom is -0.616 e. The lowest BCUT2D eigenvalue weighted by molar-refractivity contribution is -0.118. The molecule has 1 aromatic carbocycles. The van der Waals surface area contributed by atoms with Crippen molar-refractivity contribution in [3.8, 4) is 11.5 Å². The van der Waals surface area contributed by atoms with Crippen molar-refractivity contribution >= 4 is 17.1 Å². The number of aromatic nitrogens is 1. The maximum absolute atomic E-state index is 12.2. The molecular formula is C18H25N3O3S. The number of carbonyl (C=O) groups is 1. The molecule has 1 N–H and O–H groups in total. The van der Waals surface area contributed by atoms with Crippen LogP contribution in [0.1, 0.15) is 17.0 Å². The highest BCUT2D eigenvalue weighted by molar-refractivity contribution is 7.91. The van der Waals surface area contributed by atoms with Crippen molar-refractivity contribution in [2.45, 2.75) is 19.6 Å². The molecule has 0 bridgehead atoms. The smallest absolute Gasteiger partial charge is 0.269 e. The summed E-state index contributed by atoms with van der Waals surface area (Å²) in [7, 11) is 3.87. The van der Waals surface area contributed by atoms with E-state index in [2.05, 4.69) is 10.3 Å². The molecule has 0 aliphatic carbocycles. The van der Waals surface area contributed by atoms with Gasteiger partial charge in [0.05, 0.1) is 0 Å². The number of oxazole rings is 1. The number of carbonyl (C=O) groups excluding carboxylic acids is 1. The van der Waals surface area contributed by atoms with Crippen molar-refractivity contribution in [1.82, 2.24) is 15.2 Å². The van der Waals surface area contributed by atoms with Crippen LogP contribution in [0.5, 0.6) is 0 Å². The first-order valence-corrected chi connectivity index (χ1v) is 9.63. The van der Waals surface area contributed by atoms with E-state index in [-0.39, 0.29) is 17.4 Å². The van der Waals surface area contributed by atoms with E-state index >= 15 is 0 Å². The maximum atomic E-state index is 12.2. The molecule has 0 fully saturated rings. The van der Waals surface area contributed by atoms with E-state index in [0.29, 0.717) is 23.9 Å². The summed E-state index contributed by atoms with van der Waals surface area (Å²) in [4.78, 5) is 18.2. The van der Waals surface area contributed by atoms with Crippen molar-refractivity contribution in [1.29, 1.82) is 0 Å². The Hall–Kier alpha value is -1.83. The Morgan fingerprint density at radius 3 is 2.80 bits per heavy atom. The molecule has 0 saturated carbocycles. The van der Waals surface area contributed by atoms with Gasteiger partial charge in [-0.05, 0) is 51.3 Å². The van der Waals surface area contributed by atoms with Crippen LogP contribution in [0.3, 0.4) is 0 Å². The molecule has 2 aromatic rings. The topological polar surface area (TPSA) is 81.4 Å². The lowest BCUT2D eigenvalue weighted by Crippen LogP contribution is -2.35. The van der Waals surface area contributed by atoms with Gasteiger partial charge in [0.15, 0.2) is 11.5 Å². The Labute approximate surface area is 151 Å². The van der Waals surface area contributed by atoms with E-state index in [1.807, 2.05) is 50.2 Å². The molecule has 1 aromatic heterocycles. The predicted octanol–water partition coefficient (Wildman–Crippen LogP) is 1.88. The molecule has 1 unspecified atom stereocenters. The van der Waals surface area contributed by atoms with Gasteiger partial charge in [-0.1, -0.05) is 17.7 Å². The number of hydrogen-bond acceptors (Lipinski definition) is 5. The standard InChI is InChI=1S/C18H25N3O3S/c1-13-6-5-7-15(10-13)18-20-16(14(2)24-18)11-25(23)12-17(22)19-8-9-21(3)4/h5-7,10H,8-9,11-12H2,1-4H3,(H,19,22). The molecule has 7 heteroatoms. The van der Waals surface area contributed by atoms with Crippen LogP contribution in [0.25, 0.3) is 11.5 Å². The molecule has 1 heterocycles. The monoisotopic (exact) mass is 363 g/mol. The lowest BCUT2D eigenvalue weighted by atomic mass is 10.1. The first-order chi connectivity index (χ1) is 11.8. The molecule has 2 rings (SSSR count). The van der Waals surface area contributed by atoms with Crippen LogP contribution >= 0.6 is 0 Å². The lowest BCUT2D eigenvalue weighted by Gasteiger charge is -2.12. The van der Waals surface area contributed by atoms with Gasteiger partial charge in [-0.25, -0.2) is 4.98 Å². The Kier molecular flexibility index (Phi) is 7.04. The number of likely N-dealkylation sites (N-methyl/N-ethyl adjacent to an activating group) is 1. The minimum absolute atomic E-state index is 0.0283. The van der Waals surface area contributed by atoms with E-state index in [1.165, 1.54) is 0 Å². The van der Waals surface area contributed by atoms with Crippen molar-refractivity contribution < 1.29 is 13.8 Å². The van der Waals surface area contributed by atoms with Gasteiger partial charge >= 0.3 is 0 Å². The van der Waals surface area contributed by atoms with Crippen LogP contribution in [0.4, 0.5) is 0 Å². The van der Waals surface area contributed by atoms with Gasteiger partial charge in [-0.3, -0.25) is 4.79 Å². The average Bonchev–Trinajstić information content (AvgIpc) is 2.87. The zero-order valence-electron chi connectivity index (χ0n) is 15.2. The third-order valence-electron chi connectivity index (χ3n) is 3.63. The van der Waals surface area contributed by atoms with Gasteiger partial charge in [-0.2, -0.15) is 0 Å². The quantitative estimate of drug-likeness (QED) is 0.724. The van der Waals surface area contributed by atoms with Crippen LogP contribution in [-0.4, -0.2) is 53.3 Å². The first kappa shape index (κ1) is 19.5. The molecule has 25 heavy (non-hydrogen) atoms. The Morgan fingerprint density at radius 2 is 2.12 bits per heavy atom. The van der Waals surface area contributed by atoms with E-state index in [1.54, 1.807) is 6.92 Å². The maximum Gasteiger partial charge on any atom is 0.269 e. The number of aryl methyl sites for hydroxylation is 2. The molecule has 0 saturated heterocycles. The molecule has 0 aliphatic heterocycles. The highest BCUT2D eigenvalue weighted by Crippen LogP contribution is 2.23. The minimum atomic E-state index is -1.32. The van der Waals surface area contributed by atoms with Crippen molar-refractivity contribution in [2.75, 3.05) is 32.9 Å². The van der Waals surface area contributed by atoms with Crippen LogP contribution in [0.15, 0.2) is 28.7 Å². The van der Waals surface area contributed by atoms with Crippen molar-refractivity contribution in [3.05, 3.63) is 41.3 Å². The Morgan fingerprint density at radius 1 is 1.36 bits per heavy atom. The van der Waals surface area contributed by atoms with Gasteiger partial charge in [0.25, 0.3) is 5.91 Å². The summed E-state index contributed by atoms with van der Waals surface area (Å²) in [5, 5.41) is 2.77. The summed E-state index contributed by atoms with van der Waals surface area (Å²) in [6.45, 7) is 5.10. The summed E-state index contributed by atoms with van der Waals surface area (Å²) in [6, 6.07) is 7.87. The average molecular weight is 363 g/mol. The van der Waals surface area contributed by atoms with Gasteiger partial charge in [-0.15, -0.1) is 0 Å². The highest BCUT2D eigenvalue weighted by atomic mass is 32.2. The fourth-order valence-corrected chi connectivity index (χ4v) is 3.35. The first-order valence-electron chi connectivity index (χ1n) is 8.15. The molecule has 1 atom stereocenters. The van der Waals surface area contributed by atoms with Crippen molar-refractivity contribution in [2.24, 2.45) is 0 Å². The second kappa shape index (κ2) is 9.03. The fourth-order valence-electron chi connectivity index (χ4n) is 2.28. The number of nitrogens with zero attached hydrogens (tertiary/aromatic N) is 2. The third-order valence-corrected chi connectivity index (χ3v) is 4.81. The Bertz CT molecular complexity index is 715. The number of nitrogens with one attached hydrogen (secondary N) is 1. The number of hydrogen-bond donors (Lipinski definition) is 1. The summed E-state index contributed by atoms with van der Waals surface area (Å²) in [5.74, 6) is 1.13. The zero-order chi connectivity index (χ0) is 18.4. The molecule has 0 radical (unpaired) electrons. The molecule has 6 nitrogen and oxygen atoms in total. The normalized spacial score (nSPS) is 12.4. The summed E-state index contributed by atoms with van der Waals surface area (Å²) in [5.41, 5.74) is 2.64. The number of amides is 1. The third kappa shape index (κ3) is 6.19. The van der Waals surface area contributed by atoms with E-state index in [0.717, 1.165) is 17.7 Å².